The highest BCUT2D eigenvalue weighted by Gasteiger charge is 2.67. The van der Waals surface area contributed by atoms with Gasteiger partial charge >= 0.3 is 0 Å². The second-order valence-corrected chi connectivity index (χ2v) is 10.3. The van der Waals surface area contributed by atoms with Crippen molar-refractivity contribution >= 4 is 75.5 Å². The Balaban J connectivity index is 1.46. The third kappa shape index (κ3) is 5.39. The molecular weight excluding hydrogens is 528 g/mol. The van der Waals surface area contributed by atoms with Gasteiger partial charge in [0.1, 0.15) is 4.33 Å². The lowest BCUT2D eigenvalue weighted by atomic mass is 10.1. The predicted octanol–water partition coefficient (Wildman–Crippen LogP) is 6.50. The zero-order valence-electron chi connectivity index (χ0n) is 16.8. The van der Waals surface area contributed by atoms with Crippen molar-refractivity contribution in [3.05, 3.63) is 92.7 Å². The minimum Gasteiger partial charge on any atom is -0.348 e. The molecule has 1 heterocycles. The molecule has 0 aliphatic heterocycles. The number of halogens is 5. The molecule has 1 aliphatic carbocycles. The first kappa shape index (κ1) is 24.1. The van der Waals surface area contributed by atoms with E-state index >= 15 is 0 Å². The van der Waals surface area contributed by atoms with Gasteiger partial charge in [-0.25, -0.2) is 0 Å². The third-order valence-corrected chi connectivity index (χ3v) is 6.97. The van der Waals surface area contributed by atoms with Crippen LogP contribution in [0.2, 0.25) is 15.1 Å². The first-order valence-corrected chi connectivity index (χ1v) is 11.7. The molecule has 2 aromatic carbocycles. The van der Waals surface area contributed by atoms with Crippen LogP contribution in [0, 0.1) is 5.92 Å². The second-order valence-electron chi connectivity index (χ2n) is 7.55. The fourth-order valence-corrected chi connectivity index (χ4v) is 5.17. The molecular formula is C23H16Cl5N3O2. The van der Waals surface area contributed by atoms with Crippen molar-refractivity contribution in [2.45, 2.75) is 16.8 Å². The summed E-state index contributed by atoms with van der Waals surface area (Å²) >= 11 is 31.2. The van der Waals surface area contributed by atoms with Crippen LogP contribution in [-0.2, 0) is 11.3 Å². The largest absolute Gasteiger partial charge is 0.348 e. The zero-order chi connectivity index (χ0) is 23.8. The molecule has 33 heavy (non-hydrogen) atoms. The first-order valence-electron chi connectivity index (χ1n) is 9.78. The van der Waals surface area contributed by atoms with E-state index in [2.05, 4.69) is 15.6 Å². The Kier molecular flexibility index (Phi) is 7.08. The summed E-state index contributed by atoms with van der Waals surface area (Å²) in [5.41, 5.74) is 2.17. The summed E-state index contributed by atoms with van der Waals surface area (Å²) in [5, 5.41) is 6.66. The van der Waals surface area contributed by atoms with Gasteiger partial charge in [-0.3, -0.25) is 14.6 Å². The van der Waals surface area contributed by atoms with Crippen molar-refractivity contribution in [1.29, 1.82) is 0 Å². The maximum Gasteiger partial charge on any atom is 0.253 e. The number of hydrogen-bond donors (Lipinski definition) is 2. The molecule has 2 N–H and O–H groups in total. The monoisotopic (exact) mass is 541 g/mol. The Morgan fingerprint density at radius 2 is 1.61 bits per heavy atom. The van der Waals surface area contributed by atoms with Crippen molar-refractivity contribution in [3.63, 3.8) is 0 Å². The van der Waals surface area contributed by atoms with Crippen molar-refractivity contribution in [1.82, 2.24) is 10.3 Å². The number of rotatable bonds is 6. The quantitative estimate of drug-likeness (QED) is 0.349. The van der Waals surface area contributed by atoms with E-state index in [-0.39, 0.29) is 16.5 Å². The molecule has 170 valence electrons. The molecule has 4 rings (SSSR count). The SMILES string of the molecule is O=C(NCc1ccncc1)c1cc(NC(=O)[C@H]2[C@H](c3cc(Cl)cc(Cl)c3)C2(Cl)Cl)ccc1Cl. The molecule has 1 aliphatic rings. The van der Waals surface area contributed by atoms with Crippen LogP contribution < -0.4 is 10.6 Å². The van der Waals surface area contributed by atoms with Crippen LogP contribution in [0.25, 0.3) is 0 Å². The summed E-state index contributed by atoms with van der Waals surface area (Å²) in [7, 11) is 0. The molecule has 0 spiro atoms. The van der Waals surface area contributed by atoms with Crippen molar-refractivity contribution in [3.8, 4) is 0 Å². The molecule has 0 bridgehead atoms. The fraction of sp³-hybridized carbons (Fsp3) is 0.174. The van der Waals surface area contributed by atoms with Crippen LogP contribution in [0.5, 0.6) is 0 Å². The summed E-state index contributed by atoms with van der Waals surface area (Å²) in [5.74, 6) is -1.98. The third-order valence-electron chi connectivity index (χ3n) is 5.26. The lowest BCUT2D eigenvalue weighted by Gasteiger charge is -2.10. The number of carbonyl (C=O) groups excluding carboxylic acids is 2. The average Bonchev–Trinajstić information content (AvgIpc) is 3.35. The molecule has 1 saturated carbocycles. The molecule has 1 fully saturated rings. The number of anilines is 1. The molecule has 1 aromatic heterocycles. The Morgan fingerprint density at radius 3 is 2.27 bits per heavy atom. The molecule has 2 amide bonds. The zero-order valence-corrected chi connectivity index (χ0v) is 20.6. The molecule has 2 atom stereocenters. The fourth-order valence-electron chi connectivity index (χ4n) is 3.60. The number of carbonyl (C=O) groups is 2. The maximum absolute atomic E-state index is 12.9. The van der Waals surface area contributed by atoms with Gasteiger partial charge in [-0.05, 0) is 59.7 Å². The van der Waals surface area contributed by atoms with Gasteiger partial charge in [-0.2, -0.15) is 0 Å². The van der Waals surface area contributed by atoms with Gasteiger partial charge in [0.25, 0.3) is 5.91 Å². The number of amides is 2. The van der Waals surface area contributed by atoms with E-state index in [0.717, 1.165) is 5.56 Å². The lowest BCUT2D eigenvalue weighted by Crippen LogP contribution is -2.23. The number of pyridine rings is 1. The van der Waals surface area contributed by atoms with Crippen LogP contribution in [0.3, 0.4) is 0 Å². The van der Waals surface area contributed by atoms with Crippen LogP contribution in [-0.4, -0.2) is 21.1 Å². The van der Waals surface area contributed by atoms with Crippen LogP contribution in [0.4, 0.5) is 5.69 Å². The first-order chi connectivity index (χ1) is 15.7. The minimum atomic E-state index is -1.31. The number of hydrogen-bond acceptors (Lipinski definition) is 3. The molecule has 3 aromatic rings. The number of aromatic nitrogens is 1. The van der Waals surface area contributed by atoms with E-state index in [0.29, 0.717) is 27.8 Å². The van der Waals surface area contributed by atoms with Crippen LogP contribution >= 0.6 is 58.0 Å². The van der Waals surface area contributed by atoms with Gasteiger partial charge < -0.3 is 10.6 Å². The van der Waals surface area contributed by atoms with Gasteiger partial charge in [0.2, 0.25) is 5.91 Å². The maximum atomic E-state index is 12.9. The summed E-state index contributed by atoms with van der Waals surface area (Å²) in [6.45, 7) is 0.307. The highest BCUT2D eigenvalue weighted by Crippen LogP contribution is 2.65. The van der Waals surface area contributed by atoms with E-state index in [1.807, 2.05) is 0 Å². The number of benzene rings is 2. The smallest absolute Gasteiger partial charge is 0.253 e. The summed E-state index contributed by atoms with van der Waals surface area (Å²) in [4.78, 5) is 29.5. The standard InChI is InChI=1S/C23H16Cl5N3O2/c24-14-7-13(8-15(25)9-14)19-20(23(19,27)28)22(33)31-16-1-2-18(26)17(10-16)21(32)30-11-12-3-5-29-6-4-12/h1-10,19-20H,11H2,(H,30,32)(H,31,33)/t19-,20+/m0/s1. The van der Waals surface area contributed by atoms with Crippen molar-refractivity contribution in [2.24, 2.45) is 5.92 Å². The topological polar surface area (TPSA) is 71.1 Å². The van der Waals surface area contributed by atoms with Gasteiger partial charge in [0.15, 0.2) is 0 Å². The molecule has 0 saturated heterocycles. The van der Waals surface area contributed by atoms with Crippen molar-refractivity contribution in [2.75, 3.05) is 5.32 Å². The predicted molar refractivity (Wildman–Crippen MR) is 133 cm³/mol. The van der Waals surface area contributed by atoms with E-state index in [9.17, 15) is 9.59 Å². The van der Waals surface area contributed by atoms with E-state index in [1.165, 1.54) is 12.1 Å². The Morgan fingerprint density at radius 1 is 0.939 bits per heavy atom. The van der Waals surface area contributed by atoms with Crippen LogP contribution in [0.1, 0.15) is 27.4 Å². The lowest BCUT2D eigenvalue weighted by molar-refractivity contribution is -0.117. The van der Waals surface area contributed by atoms with Gasteiger partial charge in [-0.1, -0.05) is 34.8 Å². The summed E-state index contributed by atoms with van der Waals surface area (Å²) in [6.07, 6.45) is 3.28. The highest BCUT2D eigenvalue weighted by atomic mass is 35.5. The van der Waals surface area contributed by atoms with E-state index < -0.39 is 22.1 Å². The molecule has 0 unspecified atom stereocenters. The number of nitrogens with one attached hydrogen (secondary N) is 2. The average molecular weight is 544 g/mol. The van der Waals surface area contributed by atoms with Gasteiger partial charge in [0.05, 0.1) is 16.5 Å². The van der Waals surface area contributed by atoms with Gasteiger partial charge in [-0.15, -0.1) is 23.2 Å². The van der Waals surface area contributed by atoms with Crippen molar-refractivity contribution < 1.29 is 9.59 Å². The molecule has 5 nitrogen and oxygen atoms in total. The minimum absolute atomic E-state index is 0.223. The Labute approximate surface area is 215 Å². The summed E-state index contributed by atoms with van der Waals surface area (Å²) < 4.78 is -1.31. The van der Waals surface area contributed by atoms with Gasteiger partial charge in [0, 0.05) is 40.6 Å². The van der Waals surface area contributed by atoms with E-state index in [1.54, 1.807) is 48.8 Å². The second kappa shape index (κ2) is 9.69. The molecule has 10 heteroatoms. The Hall–Kier alpha value is -2.02. The van der Waals surface area contributed by atoms with E-state index in [4.69, 9.17) is 58.0 Å². The number of nitrogens with zero attached hydrogens (tertiary/aromatic N) is 1. The normalized spacial score (nSPS) is 18.5. The summed E-state index contributed by atoms with van der Waals surface area (Å²) in [6, 6.07) is 13.2. The van der Waals surface area contributed by atoms with Crippen LogP contribution in [0.15, 0.2) is 60.9 Å². The highest BCUT2D eigenvalue weighted by molar-refractivity contribution is 6.53. The molecule has 0 radical (unpaired) electrons. The Bertz CT molecular complexity index is 1200. The number of alkyl halides is 2.